The van der Waals surface area contributed by atoms with Gasteiger partial charge in [0.05, 0.1) is 17.2 Å². The number of ether oxygens (including phenoxy) is 1. The maximum absolute atomic E-state index is 14.2. The molecule has 43 heavy (non-hydrogen) atoms. The molecule has 0 fully saturated rings. The van der Waals surface area contributed by atoms with Crippen LogP contribution in [0.15, 0.2) is 82.6 Å². The van der Waals surface area contributed by atoms with E-state index >= 15 is 0 Å². The van der Waals surface area contributed by atoms with Gasteiger partial charge in [0, 0.05) is 18.0 Å². The number of benzene rings is 3. The summed E-state index contributed by atoms with van der Waals surface area (Å²) in [5.74, 6) is -0.133. The van der Waals surface area contributed by atoms with Crippen LogP contribution < -0.4 is 14.4 Å². The molecule has 3 aromatic carbocycles. The average molecular weight is 626 g/mol. The van der Waals surface area contributed by atoms with E-state index < -0.39 is 28.5 Å². The van der Waals surface area contributed by atoms with Gasteiger partial charge in [0.15, 0.2) is 0 Å². The van der Waals surface area contributed by atoms with Gasteiger partial charge in [0.1, 0.15) is 18.3 Å². The molecule has 3 rings (SSSR count). The Kier molecular flexibility index (Phi) is 12.9. The lowest BCUT2D eigenvalue weighted by molar-refractivity contribution is -0.140. The van der Waals surface area contributed by atoms with Gasteiger partial charge in [-0.15, -0.1) is 11.8 Å². The second-order valence-electron chi connectivity index (χ2n) is 10.2. The van der Waals surface area contributed by atoms with Gasteiger partial charge in [-0.05, 0) is 87.0 Å². The Morgan fingerprint density at radius 1 is 0.930 bits per heavy atom. The average Bonchev–Trinajstić information content (AvgIpc) is 3.01. The Hall–Kier alpha value is -3.50. The van der Waals surface area contributed by atoms with Crippen LogP contribution in [-0.2, 0) is 26.2 Å². The molecule has 0 aliphatic heterocycles. The molecule has 1 atom stereocenters. The van der Waals surface area contributed by atoms with Crippen molar-refractivity contribution in [2.24, 2.45) is 0 Å². The highest BCUT2D eigenvalue weighted by atomic mass is 32.2. The van der Waals surface area contributed by atoms with Gasteiger partial charge in [0.25, 0.3) is 10.0 Å². The van der Waals surface area contributed by atoms with Crippen molar-refractivity contribution in [1.82, 2.24) is 10.2 Å². The Morgan fingerprint density at radius 2 is 1.58 bits per heavy atom. The van der Waals surface area contributed by atoms with Crippen molar-refractivity contribution in [2.45, 2.75) is 69.3 Å². The fourth-order valence-corrected chi connectivity index (χ4v) is 6.42. The summed E-state index contributed by atoms with van der Waals surface area (Å²) in [6, 6.07) is 20.2. The third-order valence-electron chi connectivity index (χ3n) is 7.05. The van der Waals surface area contributed by atoms with E-state index in [0.29, 0.717) is 31.0 Å². The van der Waals surface area contributed by atoms with E-state index in [2.05, 4.69) is 5.32 Å². The van der Waals surface area contributed by atoms with E-state index in [0.717, 1.165) is 33.2 Å². The number of rotatable bonds is 16. The number of hydrogen-bond acceptors (Lipinski definition) is 6. The number of thioether (sulfide) groups is 1. The molecule has 0 saturated heterocycles. The molecule has 0 bridgehead atoms. The fourth-order valence-electron chi connectivity index (χ4n) is 4.59. The first-order chi connectivity index (χ1) is 20.6. The lowest BCUT2D eigenvalue weighted by atomic mass is 10.1. The summed E-state index contributed by atoms with van der Waals surface area (Å²) in [5, 5.41) is 2.95. The van der Waals surface area contributed by atoms with Gasteiger partial charge >= 0.3 is 0 Å². The van der Waals surface area contributed by atoms with E-state index in [1.165, 1.54) is 16.7 Å². The molecule has 0 aliphatic carbocycles. The van der Waals surface area contributed by atoms with Crippen molar-refractivity contribution in [3.05, 3.63) is 83.9 Å². The number of nitrogens with zero attached hydrogens (tertiary/aromatic N) is 2. The zero-order valence-electron chi connectivity index (χ0n) is 25.7. The fraction of sp³-hybridized carbons (Fsp3) is 0.394. The lowest BCUT2D eigenvalue weighted by Crippen LogP contribution is -2.52. The maximum Gasteiger partial charge on any atom is 0.264 e. The minimum atomic E-state index is -4.15. The van der Waals surface area contributed by atoms with Crippen LogP contribution in [0, 0.1) is 6.92 Å². The predicted octanol–water partition coefficient (Wildman–Crippen LogP) is 6.03. The smallest absolute Gasteiger partial charge is 0.264 e. The summed E-state index contributed by atoms with van der Waals surface area (Å²) in [4.78, 5) is 30.0. The molecule has 10 heteroatoms. The normalized spacial score (nSPS) is 11.9. The number of nitrogens with one attached hydrogen (secondary N) is 1. The Balaban J connectivity index is 2.04. The Bertz CT molecular complexity index is 1430. The van der Waals surface area contributed by atoms with Gasteiger partial charge in [-0.2, -0.15) is 0 Å². The van der Waals surface area contributed by atoms with E-state index in [1.807, 2.05) is 58.2 Å². The van der Waals surface area contributed by atoms with Crippen molar-refractivity contribution >= 4 is 39.3 Å². The molecular formula is C33H43N3O5S2. The molecule has 2 amide bonds. The van der Waals surface area contributed by atoms with Crippen LogP contribution in [0.3, 0.4) is 0 Å². The Morgan fingerprint density at radius 3 is 2.14 bits per heavy atom. The zero-order chi connectivity index (χ0) is 31.4. The number of hydrogen-bond donors (Lipinski definition) is 1. The largest absolute Gasteiger partial charge is 0.494 e. The van der Waals surface area contributed by atoms with Crippen molar-refractivity contribution in [3.63, 3.8) is 0 Å². The molecule has 232 valence electrons. The monoisotopic (exact) mass is 625 g/mol. The van der Waals surface area contributed by atoms with E-state index in [-0.39, 0.29) is 17.3 Å². The second kappa shape index (κ2) is 16.4. The predicted molar refractivity (Wildman–Crippen MR) is 174 cm³/mol. The van der Waals surface area contributed by atoms with Crippen LogP contribution in [0.2, 0.25) is 0 Å². The first kappa shape index (κ1) is 34.0. The van der Waals surface area contributed by atoms with E-state index in [9.17, 15) is 18.0 Å². The van der Waals surface area contributed by atoms with Crippen LogP contribution in [0.4, 0.5) is 5.69 Å². The highest BCUT2D eigenvalue weighted by Gasteiger charge is 2.33. The van der Waals surface area contributed by atoms with Crippen molar-refractivity contribution in [2.75, 3.05) is 30.3 Å². The highest BCUT2D eigenvalue weighted by Crippen LogP contribution is 2.28. The first-order valence-corrected chi connectivity index (χ1v) is 17.3. The molecule has 0 unspecified atom stereocenters. The van der Waals surface area contributed by atoms with E-state index in [1.54, 1.807) is 48.5 Å². The number of amides is 2. The van der Waals surface area contributed by atoms with Crippen LogP contribution >= 0.6 is 11.8 Å². The summed E-state index contributed by atoms with van der Waals surface area (Å²) < 4.78 is 34.8. The first-order valence-electron chi connectivity index (χ1n) is 14.7. The van der Waals surface area contributed by atoms with Gasteiger partial charge in [0.2, 0.25) is 11.8 Å². The molecule has 0 heterocycles. The van der Waals surface area contributed by atoms with Gasteiger partial charge in [-0.1, -0.05) is 50.1 Å². The standard InChI is InChI=1S/C33H43N3O5S2/c1-6-9-22-34-33(38)31(7-2)35(23-26-12-10-25(4)11-13-26)32(37)24-36(27-14-16-28(17-15-27)41-8-3)43(39,40)30-20-18-29(42-5)19-21-30/h10-21,31H,6-9,22-24H2,1-5H3,(H,34,38)/t31-/m0/s1. The molecule has 8 nitrogen and oxygen atoms in total. The number of anilines is 1. The molecule has 1 N–H and O–H groups in total. The number of aryl methyl sites for hydroxylation is 1. The molecule has 0 aromatic heterocycles. The lowest BCUT2D eigenvalue weighted by Gasteiger charge is -2.33. The van der Waals surface area contributed by atoms with Crippen LogP contribution in [-0.4, -0.2) is 57.1 Å². The third-order valence-corrected chi connectivity index (χ3v) is 9.58. The number of unbranched alkanes of at least 4 members (excludes halogenated alkanes) is 1. The molecule has 0 radical (unpaired) electrons. The SMILES string of the molecule is CCCCNC(=O)[C@H](CC)N(Cc1ccc(C)cc1)C(=O)CN(c1ccc(OCC)cc1)S(=O)(=O)c1ccc(SC)cc1. The van der Waals surface area contributed by atoms with Crippen molar-refractivity contribution in [1.29, 1.82) is 0 Å². The molecular weight excluding hydrogens is 583 g/mol. The van der Waals surface area contributed by atoms with Crippen LogP contribution in [0.25, 0.3) is 0 Å². The molecule has 0 spiro atoms. The molecule has 0 aliphatic rings. The number of sulfonamides is 1. The van der Waals surface area contributed by atoms with Gasteiger partial charge in [-0.3, -0.25) is 13.9 Å². The Labute approximate surface area is 260 Å². The van der Waals surface area contributed by atoms with Crippen LogP contribution in [0.5, 0.6) is 5.75 Å². The zero-order valence-corrected chi connectivity index (χ0v) is 27.3. The highest BCUT2D eigenvalue weighted by molar-refractivity contribution is 7.98. The summed E-state index contributed by atoms with van der Waals surface area (Å²) in [6.45, 7) is 8.41. The minimum Gasteiger partial charge on any atom is -0.494 e. The van der Waals surface area contributed by atoms with Crippen LogP contribution in [0.1, 0.15) is 51.2 Å². The number of carbonyl (C=O) groups excluding carboxylic acids is 2. The van der Waals surface area contributed by atoms with Crippen molar-refractivity contribution in [3.8, 4) is 5.75 Å². The molecule has 0 saturated carbocycles. The summed E-state index contributed by atoms with van der Waals surface area (Å²) >= 11 is 1.51. The van der Waals surface area contributed by atoms with Gasteiger partial charge < -0.3 is 15.0 Å². The molecule has 3 aromatic rings. The quantitative estimate of drug-likeness (QED) is 0.154. The summed E-state index contributed by atoms with van der Waals surface area (Å²) in [6.07, 6.45) is 4.05. The summed E-state index contributed by atoms with van der Waals surface area (Å²) in [5.41, 5.74) is 2.25. The van der Waals surface area contributed by atoms with E-state index in [4.69, 9.17) is 4.74 Å². The topological polar surface area (TPSA) is 96.0 Å². The van der Waals surface area contributed by atoms with Gasteiger partial charge in [-0.25, -0.2) is 8.42 Å². The third kappa shape index (κ3) is 9.24. The minimum absolute atomic E-state index is 0.0708. The maximum atomic E-state index is 14.2. The number of carbonyl (C=O) groups is 2. The second-order valence-corrected chi connectivity index (χ2v) is 12.9. The summed E-state index contributed by atoms with van der Waals surface area (Å²) in [7, 11) is -4.15. The van der Waals surface area contributed by atoms with Crippen molar-refractivity contribution < 1.29 is 22.7 Å².